The summed E-state index contributed by atoms with van der Waals surface area (Å²) in [5, 5.41) is 1.15. The highest BCUT2D eigenvalue weighted by Crippen LogP contribution is 2.29. The van der Waals surface area contributed by atoms with E-state index in [-0.39, 0.29) is 0 Å². The van der Waals surface area contributed by atoms with Gasteiger partial charge in [-0.1, -0.05) is 0 Å². The molecule has 1 aliphatic rings. The summed E-state index contributed by atoms with van der Waals surface area (Å²) >= 11 is 0. The number of benzene rings is 1. The smallest absolute Gasteiger partial charge is 0.119 e. The molecule has 0 atom stereocenters. The van der Waals surface area contributed by atoms with Gasteiger partial charge in [0.25, 0.3) is 0 Å². The van der Waals surface area contributed by atoms with Crippen LogP contribution in [0.15, 0.2) is 36.5 Å². The molecule has 3 nitrogen and oxygen atoms in total. The van der Waals surface area contributed by atoms with Gasteiger partial charge in [-0.05, 0) is 60.7 Å². The summed E-state index contributed by atoms with van der Waals surface area (Å²) in [7, 11) is 1.69. The Morgan fingerprint density at radius 3 is 2.90 bits per heavy atom. The molecule has 4 rings (SSSR count). The van der Waals surface area contributed by atoms with E-state index in [0.29, 0.717) is 0 Å². The molecule has 0 aliphatic heterocycles. The van der Waals surface area contributed by atoms with Crippen LogP contribution >= 0.6 is 0 Å². The Balaban J connectivity index is 1.81. The lowest BCUT2D eigenvalue weighted by Gasteiger charge is -2.01. The second-order valence-corrected chi connectivity index (χ2v) is 5.33. The van der Waals surface area contributed by atoms with E-state index in [4.69, 9.17) is 4.74 Å². The zero-order valence-electron chi connectivity index (χ0n) is 11.4. The molecule has 0 fully saturated rings. The Morgan fingerprint density at radius 2 is 2.00 bits per heavy atom. The molecular weight excluding hydrogens is 248 g/mol. The average molecular weight is 264 g/mol. The van der Waals surface area contributed by atoms with Gasteiger partial charge in [0.2, 0.25) is 0 Å². The molecule has 20 heavy (non-hydrogen) atoms. The molecule has 0 radical (unpaired) electrons. The van der Waals surface area contributed by atoms with E-state index in [0.717, 1.165) is 28.0 Å². The highest BCUT2D eigenvalue weighted by atomic mass is 16.5. The number of nitrogens with one attached hydrogen (secondary N) is 1. The summed E-state index contributed by atoms with van der Waals surface area (Å²) in [6.07, 6.45) is 5.64. The first-order valence-electron chi connectivity index (χ1n) is 6.98. The minimum Gasteiger partial charge on any atom is -0.497 e. The Kier molecular flexibility index (Phi) is 2.52. The lowest BCUT2D eigenvalue weighted by molar-refractivity contribution is 0.415. The van der Waals surface area contributed by atoms with Crippen LogP contribution in [0, 0.1) is 0 Å². The second kappa shape index (κ2) is 4.37. The monoisotopic (exact) mass is 264 g/mol. The van der Waals surface area contributed by atoms with Crippen molar-refractivity contribution in [2.24, 2.45) is 0 Å². The largest absolute Gasteiger partial charge is 0.497 e. The first-order chi connectivity index (χ1) is 9.83. The first kappa shape index (κ1) is 11.5. The summed E-state index contributed by atoms with van der Waals surface area (Å²) in [5.74, 6) is 0.880. The van der Waals surface area contributed by atoms with Gasteiger partial charge in [0.15, 0.2) is 0 Å². The van der Waals surface area contributed by atoms with Crippen molar-refractivity contribution in [3.63, 3.8) is 0 Å². The number of aromatic amines is 1. The zero-order valence-corrected chi connectivity index (χ0v) is 11.4. The summed E-state index contributed by atoms with van der Waals surface area (Å²) in [6.45, 7) is 0. The summed E-state index contributed by atoms with van der Waals surface area (Å²) in [6, 6.07) is 10.4. The van der Waals surface area contributed by atoms with Crippen LogP contribution in [0.1, 0.15) is 17.5 Å². The predicted molar refractivity (Wildman–Crippen MR) is 80.1 cm³/mol. The summed E-state index contributed by atoms with van der Waals surface area (Å²) in [5.41, 5.74) is 6.07. The van der Waals surface area contributed by atoms with Crippen LogP contribution in [0.2, 0.25) is 0 Å². The van der Waals surface area contributed by atoms with Crippen molar-refractivity contribution in [2.75, 3.05) is 7.11 Å². The van der Waals surface area contributed by atoms with E-state index in [1.165, 1.54) is 30.4 Å². The average Bonchev–Trinajstić information content (AvgIpc) is 3.11. The normalized spacial score (nSPS) is 13.7. The molecule has 0 unspecified atom stereocenters. The third-order valence-corrected chi connectivity index (χ3v) is 4.08. The van der Waals surface area contributed by atoms with Gasteiger partial charge < -0.3 is 9.72 Å². The van der Waals surface area contributed by atoms with Crippen molar-refractivity contribution in [3.8, 4) is 17.1 Å². The molecule has 2 heterocycles. The Morgan fingerprint density at radius 1 is 1.10 bits per heavy atom. The SMILES string of the molecule is COc1ccc2[nH]c(-c3cc4c(cn3)CCC4)cc2c1. The lowest BCUT2D eigenvalue weighted by Crippen LogP contribution is -1.89. The second-order valence-electron chi connectivity index (χ2n) is 5.33. The summed E-state index contributed by atoms with van der Waals surface area (Å²) < 4.78 is 5.27. The van der Waals surface area contributed by atoms with Crippen LogP contribution in [-0.2, 0) is 12.8 Å². The minimum absolute atomic E-state index is 0.880. The lowest BCUT2D eigenvalue weighted by atomic mass is 10.1. The van der Waals surface area contributed by atoms with Crippen molar-refractivity contribution in [1.29, 1.82) is 0 Å². The number of hydrogen-bond donors (Lipinski definition) is 1. The van der Waals surface area contributed by atoms with Gasteiger partial charge in [-0.15, -0.1) is 0 Å². The Hall–Kier alpha value is -2.29. The van der Waals surface area contributed by atoms with Crippen LogP contribution in [0.4, 0.5) is 0 Å². The molecule has 0 bridgehead atoms. The molecule has 100 valence electrons. The van der Waals surface area contributed by atoms with Gasteiger partial charge >= 0.3 is 0 Å². The zero-order chi connectivity index (χ0) is 13.5. The fourth-order valence-corrected chi connectivity index (χ4v) is 2.98. The van der Waals surface area contributed by atoms with E-state index in [2.05, 4.69) is 22.1 Å². The van der Waals surface area contributed by atoms with Crippen LogP contribution in [0.25, 0.3) is 22.3 Å². The maximum atomic E-state index is 5.27. The number of aromatic nitrogens is 2. The fourth-order valence-electron chi connectivity index (χ4n) is 2.98. The molecular formula is C17H16N2O. The van der Waals surface area contributed by atoms with Gasteiger partial charge in [0.1, 0.15) is 5.75 Å². The molecule has 3 heteroatoms. The Labute approximate surface area is 117 Å². The fraction of sp³-hybridized carbons (Fsp3) is 0.235. The highest BCUT2D eigenvalue weighted by Gasteiger charge is 2.13. The molecule has 1 aliphatic carbocycles. The molecule has 2 aromatic heterocycles. The molecule has 3 aromatic rings. The summed E-state index contributed by atoms with van der Waals surface area (Å²) in [4.78, 5) is 8.03. The topological polar surface area (TPSA) is 37.9 Å². The molecule has 0 saturated heterocycles. The van der Waals surface area contributed by atoms with Crippen LogP contribution in [0.5, 0.6) is 5.75 Å². The van der Waals surface area contributed by atoms with E-state index >= 15 is 0 Å². The predicted octanol–water partition coefficient (Wildman–Crippen LogP) is 3.73. The van der Waals surface area contributed by atoms with Crippen molar-refractivity contribution < 1.29 is 4.74 Å². The minimum atomic E-state index is 0.880. The maximum absolute atomic E-state index is 5.27. The number of ether oxygens (including phenoxy) is 1. The number of H-pyrrole nitrogens is 1. The van der Waals surface area contributed by atoms with Gasteiger partial charge in [-0.25, -0.2) is 0 Å². The number of pyridine rings is 1. The van der Waals surface area contributed by atoms with Crippen molar-refractivity contribution >= 4 is 10.9 Å². The molecule has 0 amide bonds. The van der Waals surface area contributed by atoms with Gasteiger partial charge in [0.05, 0.1) is 18.5 Å². The number of fused-ring (bicyclic) bond motifs is 2. The maximum Gasteiger partial charge on any atom is 0.119 e. The Bertz CT molecular complexity index is 789. The standard InChI is InChI=1S/C17H16N2O/c1-20-14-5-6-15-13(7-14)9-17(19-15)16-8-11-3-2-4-12(11)10-18-16/h5-10,19H,2-4H2,1H3. The highest BCUT2D eigenvalue weighted by molar-refractivity contribution is 5.86. The van der Waals surface area contributed by atoms with E-state index in [1.54, 1.807) is 7.11 Å². The van der Waals surface area contributed by atoms with Crippen molar-refractivity contribution in [3.05, 3.63) is 47.7 Å². The van der Waals surface area contributed by atoms with Crippen LogP contribution in [-0.4, -0.2) is 17.1 Å². The van der Waals surface area contributed by atoms with Crippen molar-refractivity contribution in [1.82, 2.24) is 9.97 Å². The van der Waals surface area contributed by atoms with E-state index in [1.807, 2.05) is 24.4 Å². The quantitative estimate of drug-likeness (QED) is 0.766. The van der Waals surface area contributed by atoms with Crippen LogP contribution < -0.4 is 4.74 Å². The van der Waals surface area contributed by atoms with E-state index in [9.17, 15) is 0 Å². The third-order valence-electron chi connectivity index (χ3n) is 4.08. The number of methoxy groups -OCH3 is 1. The van der Waals surface area contributed by atoms with Gasteiger partial charge in [-0.2, -0.15) is 0 Å². The molecule has 0 saturated carbocycles. The molecule has 1 aromatic carbocycles. The van der Waals surface area contributed by atoms with Crippen molar-refractivity contribution in [2.45, 2.75) is 19.3 Å². The first-order valence-corrected chi connectivity index (χ1v) is 6.98. The van der Waals surface area contributed by atoms with Crippen LogP contribution in [0.3, 0.4) is 0 Å². The number of aryl methyl sites for hydroxylation is 2. The number of rotatable bonds is 2. The number of hydrogen-bond acceptors (Lipinski definition) is 2. The molecule has 1 N–H and O–H groups in total. The third kappa shape index (κ3) is 1.78. The number of nitrogens with zero attached hydrogens (tertiary/aromatic N) is 1. The van der Waals surface area contributed by atoms with E-state index < -0.39 is 0 Å². The van der Waals surface area contributed by atoms with Gasteiger partial charge in [-0.3, -0.25) is 4.98 Å². The van der Waals surface area contributed by atoms with Gasteiger partial charge in [0, 0.05) is 17.1 Å². The molecule has 0 spiro atoms.